The molecule has 6 heteroatoms. The lowest BCUT2D eigenvalue weighted by atomic mass is 10.0. The van der Waals surface area contributed by atoms with Crippen LogP contribution < -0.4 is 5.32 Å². The standard InChI is InChI=1S/C24H19N3O3/c1-16(18-7-6-17-4-2-3-5-19(17)13-18)12-23(28)26-22-9-8-20(14-21(22)24(29)30)27-11-10-25-15-27/h2-15H,1H3,(H,26,28)(H,29,30). The molecule has 30 heavy (non-hydrogen) atoms. The highest BCUT2D eigenvalue weighted by molar-refractivity contribution is 6.07. The molecule has 0 spiro atoms. The largest absolute Gasteiger partial charge is 0.478 e. The number of benzene rings is 3. The van der Waals surface area contributed by atoms with Crippen molar-refractivity contribution in [1.29, 1.82) is 0 Å². The first-order valence-electron chi connectivity index (χ1n) is 9.35. The Morgan fingerprint density at radius 1 is 1.03 bits per heavy atom. The quantitative estimate of drug-likeness (QED) is 0.475. The molecule has 0 fully saturated rings. The van der Waals surface area contributed by atoms with E-state index in [-0.39, 0.29) is 11.3 Å². The number of imidazole rings is 1. The van der Waals surface area contributed by atoms with Crippen molar-refractivity contribution in [2.75, 3.05) is 5.32 Å². The van der Waals surface area contributed by atoms with E-state index in [9.17, 15) is 14.7 Å². The van der Waals surface area contributed by atoms with Crippen LogP contribution in [0.15, 0.2) is 85.5 Å². The predicted octanol–water partition coefficient (Wildman–Crippen LogP) is 4.77. The smallest absolute Gasteiger partial charge is 0.337 e. The summed E-state index contributed by atoms with van der Waals surface area (Å²) in [4.78, 5) is 28.2. The van der Waals surface area contributed by atoms with Crippen molar-refractivity contribution in [2.45, 2.75) is 6.92 Å². The Labute approximate surface area is 173 Å². The number of hydrogen-bond acceptors (Lipinski definition) is 3. The van der Waals surface area contributed by atoms with Crippen LogP contribution in [0.1, 0.15) is 22.8 Å². The van der Waals surface area contributed by atoms with Gasteiger partial charge >= 0.3 is 5.97 Å². The molecule has 2 N–H and O–H groups in total. The van der Waals surface area contributed by atoms with E-state index in [2.05, 4.69) is 10.3 Å². The first-order chi connectivity index (χ1) is 14.5. The van der Waals surface area contributed by atoms with Gasteiger partial charge in [0, 0.05) is 24.2 Å². The van der Waals surface area contributed by atoms with Gasteiger partial charge in [-0.3, -0.25) is 4.79 Å². The lowest BCUT2D eigenvalue weighted by Gasteiger charge is -2.10. The Morgan fingerprint density at radius 3 is 2.57 bits per heavy atom. The van der Waals surface area contributed by atoms with Crippen LogP contribution in [0.3, 0.4) is 0 Å². The predicted molar refractivity (Wildman–Crippen MR) is 117 cm³/mol. The van der Waals surface area contributed by atoms with Gasteiger partial charge in [0.15, 0.2) is 0 Å². The number of carboxylic acids is 1. The number of rotatable bonds is 5. The monoisotopic (exact) mass is 397 g/mol. The summed E-state index contributed by atoms with van der Waals surface area (Å²) < 4.78 is 1.70. The normalized spacial score (nSPS) is 11.4. The zero-order chi connectivity index (χ0) is 21.1. The maximum atomic E-state index is 12.6. The molecular weight excluding hydrogens is 378 g/mol. The number of carbonyl (C=O) groups is 2. The molecule has 0 aliphatic heterocycles. The maximum absolute atomic E-state index is 12.6. The first-order valence-corrected chi connectivity index (χ1v) is 9.35. The Hall–Kier alpha value is -4.19. The highest BCUT2D eigenvalue weighted by atomic mass is 16.4. The lowest BCUT2D eigenvalue weighted by Crippen LogP contribution is -2.13. The Bertz CT molecular complexity index is 1270. The number of nitrogens with zero attached hydrogens (tertiary/aromatic N) is 2. The van der Waals surface area contributed by atoms with Crippen LogP contribution in [0.5, 0.6) is 0 Å². The molecular formula is C24H19N3O3. The summed E-state index contributed by atoms with van der Waals surface area (Å²) in [5, 5.41) is 14.5. The van der Waals surface area contributed by atoms with Crippen LogP contribution >= 0.6 is 0 Å². The molecule has 1 heterocycles. The molecule has 0 aliphatic rings. The second-order valence-electron chi connectivity index (χ2n) is 6.88. The Kier molecular flexibility index (Phi) is 5.13. The molecule has 1 aromatic heterocycles. The average molecular weight is 397 g/mol. The first kappa shape index (κ1) is 19.1. The van der Waals surface area contributed by atoms with Crippen molar-refractivity contribution >= 4 is 33.9 Å². The number of allylic oxidation sites excluding steroid dienone is 1. The minimum atomic E-state index is -1.12. The summed E-state index contributed by atoms with van der Waals surface area (Å²) in [6, 6.07) is 18.8. The summed E-state index contributed by atoms with van der Waals surface area (Å²) in [7, 11) is 0. The lowest BCUT2D eigenvalue weighted by molar-refractivity contribution is -0.111. The number of carboxylic acid groups (broad SMARTS) is 1. The van der Waals surface area contributed by atoms with E-state index in [0.717, 1.165) is 21.9 Å². The van der Waals surface area contributed by atoms with Gasteiger partial charge in [0.25, 0.3) is 0 Å². The zero-order valence-electron chi connectivity index (χ0n) is 16.2. The number of anilines is 1. The SMILES string of the molecule is CC(=CC(=O)Nc1ccc(-n2ccnc2)cc1C(=O)O)c1ccc2ccccc2c1. The topological polar surface area (TPSA) is 84.2 Å². The van der Waals surface area contributed by atoms with E-state index in [1.54, 1.807) is 35.4 Å². The van der Waals surface area contributed by atoms with E-state index in [1.165, 1.54) is 12.1 Å². The number of aromatic nitrogens is 2. The number of amides is 1. The third kappa shape index (κ3) is 3.98. The van der Waals surface area contributed by atoms with Gasteiger partial charge in [0.05, 0.1) is 17.6 Å². The number of carbonyl (C=O) groups excluding carboxylic acids is 1. The van der Waals surface area contributed by atoms with Crippen LogP contribution in [0.2, 0.25) is 0 Å². The second-order valence-corrected chi connectivity index (χ2v) is 6.88. The summed E-state index contributed by atoms with van der Waals surface area (Å²) >= 11 is 0. The fraction of sp³-hybridized carbons (Fsp3) is 0.0417. The van der Waals surface area contributed by atoms with E-state index >= 15 is 0 Å². The Balaban J connectivity index is 1.58. The summed E-state index contributed by atoms with van der Waals surface area (Å²) in [6.07, 6.45) is 6.37. The number of nitrogens with one attached hydrogen (secondary N) is 1. The zero-order valence-corrected chi connectivity index (χ0v) is 16.2. The van der Waals surface area contributed by atoms with Gasteiger partial charge in [-0.2, -0.15) is 0 Å². The van der Waals surface area contributed by atoms with Crippen LogP contribution in [0.25, 0.3) is 22.0 Å². The second kappa shape index (κ2) is 8.05. The van der Waals surface area contributed by atoms with Crippen molar-refractivity contribution in [1.82, 2.24) is 9.55 Å². The van der Waals surface area contributed by atoms with Crippen LogP contribution in [-0.4, -0.2) is 26.5 Å². The van der Waals surface area contributed by atoms with Crippen molar-refractivity contribution in [3.63, 3.8) is 0 Å². The molecule has 0 atom stereocenters. The van der Waals surface area contributed by atoms with Gasteiger partial charge in [-0.25, -0.2) is 9.78 Å². The molecule has 0 radical (unpaired) electrons. The molecule has 0 unspecified atom stereocenters. The molecule has 3 aromatic carbocycles. The molecule has 148 valence electrons. The fourth-order valence-electron chi connectivity index (χ4n) is 3.27. The third-order valence-electron chi connectivity index (χ3n) is 4.85. The van der Waals surface area contributed by atoms with Crippen LogP contribution in [0, 0.1) is 0 Å². The van der Waals surface area contributed by atoms with Crippen molar-refractivity contribution in [3.05, 3.63) is 96.6 Å². The fourth-order valence-corrected chi connectivity index (χ4v) is 3.27. The van der Waals surface area contributed by atoms with Gasteiger partial charge < -0.3 is 15.0 Å². The van der Waals surface area contributed by atoms with Crippen LogP contribution in [0.4, 0.5) is 5.69 Å². The molecule has 0 saturated heterocycles. The van der Waals surface area contributed by atoms with E-state index < -0.39 is 11.9 Å². The highest BCUT2D eigenvalue weighted by Gasteiger charge is 2.14. The maximum Gasteiger partial charge on any atom is 0.337 e. The molecule has 0 saturated carbocycles. The van der Waals surface area contributed by atoms with Crippen molar-refractivity contribution in [2.24, 2.45) is 0 Å². The van der Waals surface area contributed by atoms with Gasteiger partial charge in [0.1, 0.15) is 0 Å². The molecule has 0 bridgehead atoms. The third-order valence-corrected chi connectivity index (χ3v) is 4.85. The van der Waals surface area contributed by atoms with Crippen molar-refractivity contribution in [3.8, 4) is 5.69 Å². The number of fused-ring (bicyclic) bond motifs is 1. The molecule has 6 nitrogen and oxygen atoms in total. The number of aromatic carboxylic acids is 1. The molecule has 1 amide bonds. The summed E-state index contributed by atoms with van der Waals surface area (Å²) in [6.45, 7) is 1.85. The van der Waals surface area contributed by atoms with Crippen LogP contribution in [-0.2, 0) is 4.79 Å². The molecule has 4 rings (SSSR count). The van der Waals surface area contributed by atoms with Gasteiger partial charge in [-0.1, -0.05) is 36.4 Å². The minimum Gasteiger partial charge on any atom is -0.478 e. The Morgan fingerprint density at radius 2 is 1.83 bits per heavy atom. The van der Waals surface area contributed by atoms with Gasteiger partial charge in [-0.15, -0.1) is 0 Å². The van der Waals surface area contributed by atoms with Gasteiger partial charge in [-0.05, 0) is 53.1 Å². The molecule has 4 aromatic rings. The van der Waals surface area contributed by atoms with E-state index in [0.29, 0.717) is 5.69 Å². The van der Waals surface area contributed by atoms with E-state index in [4.69, 9.17) is 0 Å². The average Bonchev–Trinajstić information content (AvgIpc) is 3.28. The minimum absolute atomic E-state index is 0.00584. The highest BCUT2D eigenvalue weighted by Crippen LogP contribution is 2.23. The van der Waals surface area contributed by atoms with Gasteiger partial charge in [0.2, 0.25) is 5.91 Å². The number of hydrogen-bond donors (Lipinski definition) is 2. The van der Waals surface area contributed by atoms with Crippen molar-refractivity contribution < 1.29 is 14.7 Å². The summed E-state index contributed by atoms with van der Waals surface area (Å²) in [5.74, 6) is -1.51. The van der Waals surface area contributed by atoms with E-state index in [1.807, 2.05) is 49.4 Å². The molecule has 0 aliphatic carbocycles. The summed E-state index contributed by atoms with van der Waals surface area (Å²) in [5.41, 5.74) is 2.60.